The molecule has 0 saturated heterocycles. The van der Waals surface area contributed by atoms with E-state index in [0.717, 1.165) is 11.4 Å². The molecule has 5 nitrogen and oxygen atoms in total. The van der Waals surface area contributed by atoms with E-state index in [2.05, 4.69) is 5.10 Å². The van der Waals surface area contributed by atoms with Gasteiger partial charge in [-0.2, -0.15) is 5.10 Å². The first kappa shape index (κ1) is 13.7. The lowest BCUT2D eigenvalue weighted by Gasteiger charge is -2.25. The van der Waals surface area contributed by atoms with Crippen LogP contribution >= 0.6 is 0 Å². The van der Waals surface area contributed by atoms with E-state index in [1.54, 1.807) is 11.6 Å². The van der Waals surface area contributed by atoms with E-state index in [-0.39, 0.29) is 12.5 Å². The van der Waals surface area contributed by atoms with Crippen molar-refractivity contribution >= 4 is 5.97 Å². The lowest BCUT2D eigenvalue weighted by atomic mass is 9.85. The summed E-state index contributed by atoms with van der Waals surface area (Å²) >= 11 is 0. The summed E-state index contributed by atoms with van der Waals surface area (Å²) in [5.41, 5.74) is 6.95. The molecule has 0 fully saturated rings. The molecule has 1 heterocycles. The third kappa shape index (κ3) is 3.06. The number of aromatic nitrogens is 2. The molecule has 1 atom stereocenters. The van der Waals surface area contributed by atoms with E-state index in [4.69, 9.17) is 10.5 Å². The van der Waals surface area contributed by atoms with Crippen molar-refractivity contribution in [2.75, 3.05) is 13.2 Å². The smallest absolute Gasteiger partial charge is 0.313 e. The predicted octanol–water partition coefficient (Wildman–Crippen LogP) is 0.799. The van der Waals surface area contributed by atoms with Crippen LogP contribution < -0.4 is 5.73 Å². The lowest BCUT2D eigenvalue weighted by molar-refractivity contribution is -0.153. The zero-order valence-electron chi connectivity index (χ0n) is 11.0. The minimum Gasteiger partial charge on any atom is -0.466 e. The summed E-state index contributed by atoms with van der Waals surface area (Å²) < 4.78 is 6.85. The molecule has 0 aliphatic rings. The fourth-order valence-corrected chi connectivity index (χ4v) is 1.76. The van der Waals surface area contributed by atoms with Gasteiger partial charge in [-0.1, -0.05) is 0 Å². The minimum atomic E-state index is -0.684. The van der Waals surface area contributed by atoms with Crippen molar-refractivity contribution in [1.82, 2.24) is 9.78 Å². The summed E-state index contributed by atoms with van der Waals surface area (Å²) in [5, 5.41) is 4.26. The number of hydrogen-bond donors (Lipinski definition) is 1. The van der Waals surface area contributed by atoms with Crippen molar-refractivity contribution in [3.63, 3.8) is 0 Å². The zero-order valence-corrected chi connectivity index (χ0v) is 11.0. The maximum atomic E-state index is 11.9. The second kappa shape index (κ2) is 5.31. The average molecular weight is 239 g/mol. The molecule has 1 unspecified atom stereocenters. The van der Waals surface area contributed by atoms with Crippen molar-refractivity contribution in [3.8, 4) is 0 Å². The van der Waals surface area contributed by atoms with Gasteiger partial charge in [0.05, 0.1) is 17.7 Å². The molecule has 0 amide bonds. The third-order valence-corrected chi connectivity index (χ3v) is 2.89. The van der Waals surface area contributed by atoms with E-state index in [9.17, 15) is 4.79 Å². The van der Waals surface area contributed by atoms with Crippen LogP contribution in [0, 0.1) is 12.3 Å². The van der Waals surface area contributed by atoms with Gasteiger partial charge < -0.3 is 10.5 Å². The summed E-state index contributed by atoms with van der Waals surface area (Å²) in [4.78, 5) is 11.9. The third-order valence-electron chi connectivity index (χ3n) is 2.89. The Morgan fingerprint density at radius 3 is 2.71 bits per heavy atom. The van der Waals surface area contributed by atoms with Crippen molar-refractivity contribution in [3.05, 3.63) is 17.5 Å². The Bertz CT molecular complexity index is 400. The highest BCUT2D eigenvalue weighted by Crippen LogP contribution is 2.23. The first-order valence-corrected chi connectivity index (χ1v) is 5.79. The van der Waals surface area contributed by atoms with Gasteiger partial charge in [-0.3, -0.25) is 9.48 Å². The predicted molar refractivity (Wildman–Crippen MR) is 65.4 cm³/mol. The van der Waals surface area contributed by atoms with E-state index in [0.29, 0.717) is 13.0 Å². The highest BCUT2D eigenvalue weighted by Gasteiger charge is 2.34. The molecule has 96 valence electrons. The van der Waals surface area contributed by atoms with Gasteiger partial charge in [0.25, 0.3) is 0 Å². The van der Waals surface area contributed by atoms with Crippen LogP contribution in [0.2, 0.25) is 0 Å². The molecule has 1 aromatic heterocycles. The van der Waals surface area contributed by atoms with Gasteiger partial charge in [0, 0.05) is 25.7 Å². The van der Waals surface area contributed by atoms with Gasteiger partial charge in [0.1, 0.15) is 0 Å². The highest BCUT2D eigenvalue weighted by molar-refractivity contribution is 5.77. The van der Waals surface area contributed by atoms with Crippen LogP contribution in [0.1, 0.15) is 25.2 Å². The number of nitrogens with zero attached hydrogens (tertiary/aromatic N) is 2. The minimum absolute atomic E-state index is 0.249. The van der Waals surface area contributed by atoms with Crippen LogP contribution in [0.5, 0.6) is 0 Å². The summed E-state index contributed by atoms with van der Waals surface area (Å²) in [6.07, 6.45) is 0.541. The summed E-state index contributed by atoms with van der Waals surface area (Å²) in [7, 11) is 1.87. The Morgan fingerprint density at radius 1 is 1.65 bits per heavy atom. The molecule has 0 bridgehead atoms. The quantitative estimate of drug-likeness (QED) is 0.772. The maximum absolute atomic E-state index is 11.9. The number of carbonyl (C=O) groups excluding carboxylic acids is 1. The van der Waals surface area contributed by atoms with Crippen LogP contribution in [0.15, 0.2) is 6.07 Å². The first-order chi connectivity index (χ1) is 7.92. The first-order valence-electron chi connectivity index (χ1n) is 5.79. The highest BCUT2D eigenvalue weighted by atomic mass is 16.5. The molecule has 0 aliphatic carbocycles. The van der Waals surface area contributed by atoms with E-state index < -0.39 is 5.41 Å². The second-order valence-corrected chi connectivity index (χ2v) is 4.56. The Hall–Kier alpha value is -1.36. The monoisotopic (exact) mass is 239 g/mol. The van der Waals surface area contributed by atoms with Crippen LogP contribution in [-0.4, -0.2) is 28.9 Å². The van der Waals surface area contributed by atoms with Crippen LogP contribution in [0.25, 0.3) is 0 Å². The average Bonchev–Trinajstić information content (AvgIpc) is 2.57. The zero-order chi connectivity index (χ0) is 13.1. The fourth-order valence-electron chi connectivity index (χ4n) is 1.76. The summed E-state index contributed by atoms with van der Waals surface area (Å²) in [5.74, 6) is -0.249. The number of carbonyl (C=O) groups is 1. The Balaban J connectivity index is 2.88. The van der Waals surface area contributed by atoms with E-state index >= 15 is 0 Å². The fraction of sp³-hybridized carbons (Fsp3) is 0.667. The second-order valence-electron chi connectivity index (χ2n) is 4.56. The van der Waals surface area contributed by atoms with E-state index in [1.165, 1.54) is 0 Å². The molecular formula is C12H21N3O2. The van der Waals surface area contributed by atoms with Crippen LogP contribution in [-0.2, 0) is 23.0 Å². The largest absolute Gasteiger partial charge is 0.466 e. The van der Waals surface area contributed by atoms with Gasteiger partial charge in [0.15, 0.2) is 0 Å². The number of rotatable bonds is 5. The molecule has 0 saturated carbocycles. The number of nitrogens with two attached hydrogens (primary N) is 1. The molecule has 1 rings (SSSR count). The Kier molecular flexibility index (Phi) is 4.28. The molecule has 17 heavy (non-hydrogen) atoms. The van der Waals surface area contributed by atoms with Gasteiger partial charge >= 0.3 is 5.97 Å². The number of ether oxygens (including phenoxy) is 1. The summed E-state index contributed by atoms with van der Waals surface area (Å²) in [6.45, 7) is 6.18. The van der Waals surface area contributed by atoms with Crippen molar-refractivity contribution in [1.29, 1.82) is 0 Å². The molecular weight excluding hydrogens is 218 g/mol. The molecule has 0 aromatic carbocycles. The standard InChI is InChI=1S/C12H21N3O2/c1-5-17-11(16)12(3,8-13)7-10-6-9(2)14-15(10)4/h6H,5,7-8,13H2,1-4H3. The molecule has 5 heteroatoms. The van der Waals surface area contributed by atoms with Gasteiger partial charge in [0.2, 0.25) is 0 Å². The topological polar surface area (TPSA) is 70.1 Å². The lowest BCUT2D eigenvalue weighted by Crippen LogP contribution is -2.39. The molecule has 0 radical (unpaired) electrons. The normalized spacial score (nSPS) is 14.4. The summed E-state index contributed by atoms with van der Waals surface area (Å²) in [6, 6.07) is 1.97. The molecule has 0 aliphatic heterocycles. The van der Waals surface area contributed by atoms with E-state index in [1.807, 2.05) is 27.0 Å². The van der Waals surface area contributed by atoms with Gasteiger partial charge in [-0.25, -0.2) is 0 Å². The Morgan fingerprint density at radius 2 is 2.29 bits per heavy atom. The Labute approximate surface area is 102 Å². The van der Waals surface area contributed by atoms with Crippen LogP contribution in [0.4, 0.5) is 0 Å². The molecule has 0 spiro atoms. The van der Waals surface area contributed by atoms with Crippen molar-refractivity contribution < 1.29 is 9.53 Å². The molecule has 2 N–H and O–H groups in total. The van der Waals surface area contributed by atoms with Crippen LogP contribution in [0.3, 0.4) is 0 Å². The SMILES string of the molecule is CCOC(=O)C(C)(CN)Cc1cc(C)nn1C. The van der Waals surface area contributed by atoms with Gasteiger partial charge in [-0.05, 0) is 26.8 Å². The number of esters is 1. The van der Waals surface area contributed by atoms with Crippen molar-refractivity contribution in [2.24, 2.45) is 18.2 Å². The van der Waals surface area contributed by atoms with Gasteiger partial charge in [-0.15, -0.1) is 0 Å². The number of hydrogen-bond acceptors (Lipinski definition) is 4. The maximum Gasteiger partial charge on any atom is 0.313 e. The van der Waals surface area contributed by atoms with Crippen molar-refractivity contribution in [2.45, 2.75) is 27.2 Å². The molecule has 1 aromatic rings. The number of aryl methyl sites for hydroxylation is 2.